The minimum absolute atomic E-state index is 0.0157. The van der Waals surface area contributed by atoms with Gasteiger partial charge in [-0.2, -0.15) is 0 Å². The number of carbonyl (C=O) groups is 1. The van der Waals surface area contributed by atoms with Crippen molar-refractivity contribution in [3.63, 3.8) is 0 Å². The molecule has 0 aliphatic heterocycles. The second kappa shape index (κ2) is 14.7. The van der Waals surface area contributed by atoms with Crippen LogP contribution in [-0.4, -0.2) is 41.4 Å². The zero-order valence-corrected chi connectivity index (χ0v) is 33.7. The number of hydrogen-bond acceptors (Lipinski definition) is 4. The van der Waals surface area contributed by atoms with Crippen molar-refractivity contribution >= 4 is 22.6 Å². The molecule has 4 nitrogen and oxygen atoms in total. The van der Waals surface area contributed by atoms with Crippen LogP contribution in [0.15, 0.2) is 35.5 Å². The minimum Gasteiger partial charge on any atom is -0.466 e. The standard InChI is InChI=1S/C39H70O4Si2/c1-15-41-36(40)20-16-18-28(2)33-23-24-34-30(19-17-25-39(33,34)10)21-22-31-26-32(42-44(11,12)37(4,5)6)27-35(29(31)3)43-45(13,14)38(7,8)9/h21-22,28,32-35H,3,15-20,23-27H2,1-2,4-14H3/b30-21?,31-22+/t28-,32-,33-,34+,35+,39-/m1/s1. The summed E-state index contributed by atoms with van der Waals surface area (Å²) in [5.74, 6) is 1.95. The Morgan fingerprint density at radius 3 is 2.24 bits per heavy atom. The quantitative estimate of drug-likeness (QED) is 0.164. The molecule has 0 aromatic rings. The van der Waals surface area contributed by atoms with E-state index in [1.807, 2.05) is 6.92 Å². The Hall–Kier alpha value is -0.956. The van der Waals surface area contributed by atoms with Crippen LogP contribution in [0.1, 0.15) is 127 Å². The molecule has 0 aromatic carbocycles. The van der Waals surface area contributed by atoms with Crippen molar-refractivity contribution in [2.75, 3.05) is 6.61 Å². The molecule has 3 fully saturated rings. The van der Waals surface area contributed by atoms with Gasteiger partial charge in [-0.05, 0) is 129 Å². The number of carbonyl (C=O) groups excluding carboxylic acids is 1. The lowest BCUT2D eigenvalue weighted by molar-refractivity contribution is -0.143. The normalized spacial score (nSPS) is 30.9. The maximum absolute atomic E-state index is 11.9. The van der Waals surface area contributed by atoms with Crippen molar-refractivity contribution in [2.24, 2.45) is 23.2 Å². The average molecular weight is 659 g/mol. The van der Waals surface area contributed by atoms with Gasteiger partial charge in [0, 0.05) is 12.8 Å². The summed E-state index contributed by atoms with van der Waals surface area (Å²) in [6.07, 6.45) is 15.9. The fourth-order valence-corrected chi connectivity index (χ4v) is 10.7. The van der Waals surface area contributed by atoms with Gasteiger partial charge in [0.1, 0.15) is 0 Å². The van der Waals surface area contributed by atoms with Crippen LogP contribution in [0.2, 0.25) is 36.3 Å². The molecule has 3 aliphatic carbocycles. The Kier molecular flexibility index (Phi) is 12.5. The number of rotatable bonds is 11. The first kappa shape index (κ1) is 38.5. The Morgan fingerprint density at radius 1 is 1.02 bits per heavy atom. The fraction of sp³-hybridized carbons (Fsp3) is 0.821. The van der Waals surface area contributed by atoms with E-state index >= 15 is 0 Å². The van der Waals surface area contributed by atoms with E-state index in [0.717, 1.165) is 31.6 Å². The predicted molar refractivity (Wildman–Crippen MR) is 196 cm³/mol. The highest BCUT2D eigenvalue weighted by Crippen LogP contribution is 2.60. The summed E-state index contributed by atoms with van der Waals surface area (Å²) < 4.78 is 19.3. The summed E-state index contributed by atoms with van der Waals surface area (Å²) in [6, 6.07) is 0. The molecule has 0 aromatic heterocycles. The van der Waals surface area contributed by atoms with Gasteiger partial charge < -0.3 is 13.6 Å². The molecule has 0 heterocycles. The van der Waals surface area contributed by atoms with Crippen LogP contribution >= 0.6 is 0 Å². The van der Waals surface area contributed by atoms with Crippen molar-refractivity contribution in [1.82, 2.24) is 0 Å². The van der Waals surface area contributed by atoms with Crippen LogP contribution in [-0.2, 0) is 18.4 Å². The second-order valence-electron chi connectivity index (χ2n) is 18.0. The third kappa shape index (κ3) is 9.15. The van der Waals surface area contributed by atoms with Crippen LogP contribution in [0.4, 0.5) is 0 Å². The molecule has 3 rings (SSSR count). The molecule has 45 heavy (non-hydrogen) atoms. The van der Waals surface area contributed by atoms with E-state index in [4.69, 9.17) is 13.6 Å². The van der Waals surface area contributed by atoms with Gasteiger partial charge in [-0.15, -0.1) is 0 Å². The lowest BCUT2D eigenvalue weighted by Crippen LogP contribution is -2.49. The molecular weight excluding hydrogens is 589 g/mol. The topological polar surface area (TPSA) is 44.8 Å². The summed E-state index contributed by atoms with van der Waals surface area (Å²) in [5.41, 5.74) is 4.48. The van der Waals surface area contributed by atoms with E-state index in [1.54, 1.807) is 5.57 Å². The zero-order valence-electron chi connectivity index (χ0n) is 31.7. The largest absolute Gasteiger partial charge is 0.466 e. The Bertz CT molecular complexity index is 1110. The van der Waals surface area contributed by atoms with Gasteiger partial charge in [-0.1, -0.05) is 79.7 Å². The van der Waals surface area contributed by atoms with Gasteiger partial charge in [0.05, 0.1) is 18.8 Å². The van der Waals surface area contributed by atoms with Crippen molar-refractivity contribution in [1.29, 1.82) is 0 Å². The number of esters is 1. The molecule has 0 amide bonds. The van der Waals surface area contributed by atoms with Gasteiger partial charge in [-0.25, -0.2) is 0 Å². The summed E-state index contributed by atoms with van der Waals surface area (Å²) in [7, 11) is -3.92. The van der Waals surface area contributed by atoms with E-state index in [-0.39, 0.29) is 28.3 Å². The lowest BCUT2D eigenvalue weighted by atomic mass is 9.60. The number of allylic oxidation sites excluding steroid dienone is 3. The van der Waals surface area contributed by atoms with E-state index in [2.05, 4.69) is 100 Å². The summed E-state index contributed by atoms with van der Waals surface area (Å²) in [4.78, 5) is 11.9. The highest BCUT2D eigenvalue weighted by Gasteiger charge is 2.50. The average Bonchev–Trinajstić information content (AvgIpc) is 3.25. The van der Waals surface area contributed by atoms with Gasteiger partial charge in [0.25, 0.3) is 0 Å². The number of ether oxygens (including phenoxy) is 1. The first-order chi connectivity index (χ1) is 20.6. The molecule has 0 spiro atoms. The van der Waals surface area contributed by atoms with Crippen molar-refractivity contribution in [3.8, 4) is 0 Å². The summed E-state index contributed by atoms with van der Waals surface area (Å²) in [6.45, 7) is 35.5. The van der Waals surface area contributed by atoms with E-state index in [9.17, 15) is 4.79 Å². The first-order valence-electron chi connectivity index (χ1n) is 18.2. The maximum atomic E-state index is 11.9. The molecular formula is C39H70O4Si2. The Balaban J connectivity index is 1.84. The molecule has 3 aliphatic rings. The van der Waals surface area contributed by atoms with Crippen molar-refractivity contribution in [2.45, 2.75) is 175 Å². The minimum atomic E-state index is -1.98. The fourth-order valence-electron chi connectivity index (χ4n) is 7.98. The molecule has 258 valence electrons. The van der Waals surface area contributed by atoms with Crippen molar-refractivity contribution < 1.29 is 18.4 Å². The zero-order chi connectivity index (χ0) is 34.0. The second-order valence-corrected chi connectivity index (χ2v) is 27.5. The lowest BCUT2D eigenvalue weighted by Gasteiger charge is -2.46. The molecule has 6 heteroatoms. The molecule has 0 radical (unpaired) electrons. The van der Waals surface area contributed by atoms with E-state index in [0.29, 0.717) is 30.3 Å². The Labute approximate surface area is 280 Å². The maximum Gasteiger partial charge on any atom is 0.305 e. The van der Waals surface area contributed by atoms with Crippen LogP contribution in [0.3, 0.4) is 0 Å². The van der Waals surface area contributed by atoms with Gasteiger partial charge in [-0.3, -0.25) is 4.79 Å². The molecule has 0 unspecified atom stereocenters. The third-order valence-corrected chi connectivity index (χ3v) is 21.8. The molecule has 0 N–H and O–H groups in total. The van der Waals surface area contributed by atoms with Crippen LogP contribution in [0.25, 0.3) is 0 Å². The monoisotopic (exact) mass is 658 g/mol. The summed E-state index contributed by atoms with van der Waals surface area (Å²) in [5, 5.41) is 0.318. The highest BCUT2D eigenvalue weighted by atomic mass is 28.4. The molecule has 0 saturated heterocycles. The van der Waals surface area contributed by atoms with Crippen molar-refractivity contribution in [3.05, 3.63) is 35.5 Å². The van der Waals surface area contributed by atoms with Crippen LogP contribution in [0.5, 0.6) is 0 Å². The van der Waals surface area contributed by atoms with Gasteiger partial charge in [0.15, 0.2) is 16.6 Å². The Morgan fingerprint density at radius 2 is 1.64 bits per heavy atom. The highest BCUT2D eigenvalue weighted by molar-refractivity contribution is 6.74. The van der Waals surface area contributed by atoms with E-state index < -0.39 is 16.6 Å². The van der Waals surface area contributed by atoms with Crippen LogP contribution < -0.4 is 0 Å². The third-order valence-electron chi connectivity index (χ3n) is 12.8. The van der Waals surface area contributed by atoms with Gasteiger partial charge >= 0.3 is 5.97 Å². The van der Waals surface area contributed by atoms with E-state index in [1.165, 1.54) is 43.3 Å². The molecule has 0 bridgehead atoms. The van der Waals surface area contributed by atoms with Gasteiger partial charge in [0.2, 0.25) is 0 Å². The SMILES string of the molecule is C=C1/C(=C/C=C2CCC[C@]3(C)[C@@H]([C@H](C)CCCC(=O)OCC)CC[C@@H]23)C[C@@H](O[Si](C)(C)C(C)(C)C)C[C@@H]1O[Si](C)(C)C(C)(C)C. The summed E-state index contributed by atoms with van der Waals surface area (Å²) >= 11 is 0. The van der Waals surface area contributed by atoms with Crippen LogP contribution in [0, 0.1) is 23.2 Å². The predicted octanol–water partition coefficient (Wildman–Crippen LogP) is 11.6. The smallest absolute Gasteiger partial charge is 0.305 e. The molecule has 6 atom stereocenters. The molecule has 3 saturated carbocycles. The first-order valence-corrected chi connectivity index (χ1v) is 24.0. The number of hydrogen-bond donors (Lipinski definition) is 0. The number of fused-ring (bicyclic) bond motifs is 1.